The number of rotatable bonds is 0. The molecule has 0 bridgehead atoms. The summed E-state index contributed by atoms with van der Waals surface area (Å²) in [6.07, 6.45) is 0.663. The summed E-state index contributed by atoms with van der Waals surface area (Å²) >= 11 is 0. The van der Waals surface area contributed by atoms with Gasteiger partial charge in [0.25, 0.3) is 0 Å². The molecule has 2 rings (SSSR count). The Morgan fingerprint density at radius 1 is 1.56 bits per heavy atom. The first-order chi connectivity index (χ1) is 7.50. The van der Waals surface area contributed by atoms with E-state index in [2.05, 4.69) is 0 Å². The van der Waals surface area contributed by atoms with Crippen LogP contribution in [0.1, 0.15) is 31.9 Å². The van der Waals surface area contributed by atoms with Gasteiger partial charge < -0.3 is 10.6 Å². The van der Waals surface area contributed by atoms with Gasteiger partial charge in [-0.15, -0.1) is 0 Å². The maximum Gasteiger partial charge on any atom is 0.224 e. The molecule has 0 unspecified atom stereocenters. The van der Waals surface area contributed by atoms with Crippen molar-refractivity contribution in [2.75, 3.05) is 4.90 Å². The maximum atomic E-state index is 13.1. The van der Waals surface area contributed by atoms with Crippen LogP contribution in [0.4, 0.5) is 10.1 Å². The van der Waals surface area contributed by atoms with Crippen molar-refractivity contribution in [1.82, 2.24) is 0 Å². The summed E-state index contributed by atoms with van der Waals surface area (Å²) in [7, 11) is 0. The number of benzene rings is 1. The molecule has 1 amide bonds. The van der Waals surface area contributed by atoms with Gasteiger partial charge in [0.1, 0.15) is 5.82 Å². The Hall–Kier alpha value is -1.42. The fourth-order valence-electron chi connectivity index (χ4n) is 2.36. The summed E-state index contributed by atoms with van der Waals surface area (Å²) in [4.78, 5) is 13.2. The smallest absolute Gasteiger partial charge is 0.224 e. The van der Waals surface area contributed by atoms with E-state index in [1.165, 1.54) is 19.1 Å². The second-order valence-electron chi connectivity index (χ2n) is 4.28. The molecule has 1 aliphatic heterocycles. The molecule has 1 aliphatic rings. The first-order valence-electron chi connectivity index (χ1n) is 5.35. The number of carbonyl (C=O) groups is 1. The van der Waals surface area contributed by atoms with Gasteiger partial charge in [-0.25, -0.2) is 4.39 Å². The van der Waals surface area contributed by atoms with Crippen LogP contribution < -0.4 is 10.6 Å². The molecule has 0 spiro atoms. The second-order valence-corrected chi connectivity index (χ2v) is 4.28. The third-order valence-electron chi connectivity index (χ3n) is 3.02. The van der Waals surface area contributed by atoms with E-state index in [-0.39, 0.29) is 23.8 Å². The molecule has 0 fully saturated rings. The Kier molecular flexibility index (Phi) is 2.68. The van der Waals surface area contributed by atoms with Crippen LogP contribution in [-0.2, 0) is 4.79 Å². The van der Waals surface area contributed by atoms with E-state index in [1.54, 1.807) is 11.0 Å². The maximum absolute atomic E-state index is 13.1. The number of hydrogen-bond donors (Lipinski definition) is 1. The van der Waals surface area contributed by atoms with Crippen molar-refractivity contribution in [2.24, 2.45) is 5.73 Å². The van der Waals surface area contributed by atoms with Crippen molar-refractivity contribution in [3.05, 3.63) is 29.6 Å². The molecule has 0 saturated heterocycles. The van der Waals surface area contributed by atoms with Gasteiger partial charge in [0.15, 0.2) is 0 Å². The standard InChI is InChI=1S/C12H15FN2O/c1-7-5-11(14)10-6-9(13)3-4-12(10)15(7)8(2)16/h3-4,6-7,11H,5,14H2,1-2H3/t7-,11+/m0/s1. The van der Waals surface area contributed by atoms with Crippen LogP contribution in [0.25, 0.3) is 0 Å². The summed E-state index contributed by atoms with van der Waals surface area (Å²) in [6.45, 7) is 3.47. The van der Waals surface area contributed by atoms with Crippen LogP contribution in [0.2, 0.25) is 0 Å². The fourth-order valence-corrected chi connectivity index (χ4v) is 2.36. The summed E-state index contributed by atoms with van der Waals surface area (Å²) < 4.78 is 13.1. The summed E-state index contributed by atoms with van der Waals surface area (Å²) in [5, 5.41) is 0. The Balaban J connectivity index is 2.54. The highest BCUT2D eigenvalue weighted by atomic mass is 19.1. The number of nitrogens with zero attached hydrogens (tertiary/aromatic N) is 1. The van der Waals surface area contributed by atoms with E-state index < -0.39 is 0 Å². The molecule has 86 valence electrons. The molecule has 16 heavy (non-hydrogen) atoms. The average molecular weight is 222 g/mol. The monoisotopic (exact) mass is 222 g/mol. The van der Waals surface area contributed by atoms with Crippen LogP contribution >= 0.6 is 0 Å². The molecule has 0 saturated carbocycles. The van der Waals surface area contributed by atoms with Gasteiger partial charge in [-0.2, -0.15) is 0 Å². The lowest BCUT2D eigenvalue weighted by atomic mass is 9.92. The average Bonchev–Trinajstić information content (AvgIpc) is 2.18. The zero-order valence-electron chi connectivity index (χ0n) is 9.40. The molecule has 0 aromatic heterocycles. The van der Waals surface area contributed by atoms with Crippen molar-refractivity contribution in [3.63, 3.8) is 0 Å². The highest BCUT2D eigenvalue weighted by Crippen LogP contribution is 2.36. The number of halogens is 1. The zero-order valence-corrected chi connectivity index (χ0v) is 9.40. The minimum atomic E-state index is -0.313. The number of carbonyl (C=O) groups excluding carboxylic acids is 1. The lowest BCUT2D eigenvalue weighted by molar-refractivity contribution is -0.117. The van der Waals surface area contributed by atoms with Crippen LogP contribution in [0.5, 0.6) is 0 Å². The second kappa shape index (κ2) is 3.87. The highest BCUT2D eigenvalue weighted by molar-refractivity contribution is 5.93. The minimum absolute atomic E-state index is 0.0349. The number of fused-ring (bicyclic) bond motifs is 1. The molecule has 0 radical (unpaired) electrons. The van der Waals surface area contributed by atoms with Gasteiger partial charge in [0, 0.05) is 24.7 Å². The van der Waals surface area contributed by atoms with E-state index in [0.717, 1.165) is 5.69 Å². The van der Waals surface area contributed by atoms with Gasteiger partial charge in [-0.1, -0.05) is 0 Å². The van der Waals surface area contributed by atoms with E-state index in [1.807, 2.05) is 6.92 Å². The Labute approximate surface area is 94.0 Å². The predicted octanol–water partition coefficient (Wildman–Crippen LogP) is 1.97. The summed E-state index contributed by atoms with van der Waals surface area (Å²) in [6, 6.07) is 4.27. The molecule has 1 aromatic carbocycles. The summed E-state index contributed by atoms with van der Waals surface area (Å²) in [5.74, 6) is -0.348. The van der Waals surface area contributed by atoms with Crippen LogP contribution in [-0.4, -0.2) is 11.9 Å². The first-order valence-corrected chi connectivity index (χ1v) is 5.35. The van der Waals surface area contributed by atoms with E-state index in [9.17, 15) is 9.18 Å². The van der Waals surface area contributed by atoms with Gasteiger partial charge in [0.2, 0.25) is 5.91 Å². The Morgan fingerprint density at radius 3 is 2.88 bits per heavy atom. The normalized spacial score (nSPS) is 24.1. The van der Waals surface area contributed by atoms with Crippen LogP contribution in [0.15, 0.2) is 18.2 Å². The quantitative estimate of drug-likeness (QED) is 0.729. The molecule has 1 heterocycles. The van der Waals surface area contributed by atoms with Crippen molar-refractivity contribution >= 4 is 11.6 Å². The van der Waals surface area contributed by atoms with Crippen molar-refractivity contribution in [3.8, 4) is 0 Å². The molecule has 3 nitrogen and oxygen atoms in total. The SMILES string of the molecule is CC(=O)N1c2ccc(F)cc2[C@H](N)C[C@@H]1C. The van der Waals surface area contributed by atoms with E-state index in [4.69, 9.17) is 5.73 Å². The van der Waals surface area contributed by atoms with E-state index >= 15 is 0 Å². The number of anilines is 1. The molecule has 4 heteroatoms. The van der Waals surface area contributed by atoms with Gasteiger partial charge in [-0.05, 0) is 37.1 Å². The molecule has 1 aromatic rings. The van der Waals surface area contributed by atoms with Crippen LogP contribution in [0, 0.1) is 5.82 Å². The van der Waals surface area contributed by atoms with Crippen molar-refractivity contribution in [1.29, 1.82) is 0 Å². The minimum Gasteiger partial charge on any atom is -0.324 e. The number of amides is 1. The third-order valence-corrected chi connectivity index (χ3v) is 3.02. The van der Waals surface area contributed by atoms with E-state index in [0.29, 0.717) is 12.0 Å². The zero-order chi connectivity index (χ0) is 11.9. The van der Waals surface area contributed by atoms with Gasteiger partial charge in [-0.3, -0.25) is 4.79 Å². The van der Waals surface area contributed by atoms with Crippen LogP contribution in [0.3, 0.4) is 0 Å². The lowest BCUT2D eigenvalue weighted by Crippen LogP contribution is -2.43. The van der Waals surface area contributed by atoms with Crippen molar-refractivity contribution in [2.45, 2.75) is 32.4 Å². The van der Waals surface area contributed by atoms with Crippen molar-refractivity contribution < 1.29 is 9.18 Å². The largest absolute Gasteiger partial charge is 0.324 e. The Bertz CT molecular complexity index is 433. The summed E-state index contributed by atoms with van der Waals surface area (Å²) in [5.41, 5.74) is 7.42. The topological polar surface area (TPSA) is 46.3 Å². The number of nitrogens with two attached hydrogens (primary N) is 1. The predicted molar refractivity (Wildman–Crippen MR) is 60.6 cm³/mol. The first kappa shape index (κ1) is 11.1. The van der Waals surface area contributed by atoms with Gasteiger partial charge in [0.05, 0.1) is 0 Å². The lowest BCUT2D eigenvalue weighted by Gasteiger charge is -2.37. The highest BCUT2D eigenvalue weighted by Gasteiger charge is 2.30. The third kappa shape index (κ3) is 1.69. The molecule has 2 atom stereocenters. The number of hydrogen-bond acceptors (Lipinski definition) is 2. The van der Waals surface area contributed by atoms with Gasteiger partial charge >= 0.3 is 0 Å². The molecular weight excluding hydrogens is 207 g/mol. The molecule has 2 N–H and O–H groups in total. The Morgan fingerprint density at radius 2 is 2.25 bits per heavy atom. The molecular formula is C12H15FN2O. The molecule has 0 aliphatic carbocycles. The fraction of sp³-hybridized carbons (Fsp3) is 0.417.